The molecular formula is C14H26N4O. The maximum atomic E-state index is 5.42. The predicted molar refractivity (Wildman–Crippen MR) is 80.0 cm³/mol. The fourth-order valence-corrected chi connectivity index (χ4v) is 1.83. The van der Waals surface area contributed by atoms with Crippen molar-refractivity contribution in [1.82, 2.24) is 9.97 Å². The third-order valence-corrected chi connectivity index (χ3v) is 2.85. The molecule has 1 aromatic rings. The molecule has 5 heteroatoms. The van der Waals surface area contributed by atoms with Crippen LogP contribution in [0.4, 0.5) is 11.6 Å². The number of ether oxygens (including phenoxy) is 1. The van der Waals surface area contributed by atoms with Crippen LogP contribution in [0.15, 0.2) is 6.07 Å². The predicted octanol–water partition coefficient (Wildman–Crippen LogP) is 2.33. The molecule has 0 saturated carbocycles. The average molecular weight is 266 g/mol. The first-order valence-electron chi connectivity index (χ1n) is 7.19. The van der Waals surface area contributed by atoms with Gasteiger partial charge in [0.2, 0.25) is 0 Å². The van der Waals surface area contributed by atoms with Gasteiger partial charge >= 0.3 is 0 Å². The van der Waals surface area contributed by atoms with Gasteiger partial charge in [-0.3, -0.25) is 0 Å². The Hall–Kier alpha value is -1.36. The number of anilines is 2. The summed E-state index contributed by atoms with van der Waals surface area (Å²) < 4.78 is 5.42. The summed E-state index contributed by atoms with van der Waals surface area (Å²) in [5.41, 5.74) is 0. The largest absolute Gasteiger partial charge is 0.380 e. The Morgan fingerprint density at radius 3 is 2.58 bits per heavy atom. The van der Waals surface area contributed by atoms with E-state index in [1.165, 1.54) is 0 Å². The summed E-state index contributed by atoms with van der Waals surface area (Å²) in [6, 6.07) is 2.01. The van der Waals surface area contributed by atoms with Gasteiger partial charge < -0.3 is 15.0 Å². The molecule has 0 spiro atoms. The first kappa shape index (κ1) is 15.7. The quantitative estimate of drug-likeness (QED) is 0.695. The molecule has 0 amide bonds. The van der Waals surface area contributed by atoms with Crippen LogP contribution >= 0.6 is 0 Å². The highest BCUT2D eigenvalue weighted by Gasteiger charge is 2.09. The van der Waals surface area contributed by atoms with E-state index in [0.717, 1.165) is 56.7 Å². The highest BCUT2D eigenvalue weighted by molar-refractivity contribution is 5.49. The number of aromatic nitrogens is 2. The van der Waals surface area contributed by atoms with E-state index in [0.29, 0.717) is 0 Å². The summed E-state index contributed by atoms with van der Waals surface area (Å²) in [5.74, 6) is 2.76. The van der Waals surface area contributed by atoms with E-state index in [1.54, 1.807) is 0 Å². The molecule has 0 unspecified atom stereocenters. The third-order valence-electron chi connectivity index (χ3n) is 2.85. The molecule has 0 aliphatic carbocycles. The fourth-order valence-electron chi connectivity index (χ4n) is 1.83. The van der Waals surface area contributed by atoms with Gasteiger partial charge in [0.15, 0.2) is 0 Å². The van der Waals surface area contributed by atoms with Crippen LogP contribution < -0.4 is 10.2 Å². The van der Waals surface area contributed by atoms with Crippen molar-refractivity contribution in [2.75, 3.05) is 43.1 Å². The van der Waals surface area contributed by atoms with Gasteiger partial charge in [0.05, 0.1) is 6.61 Å². The molecule has 0 fully saturated rings. The van der Waals surface area contributed by atoms with Crippen LogP contribution in [0.2, 0.25) is 0 Å². The van der Waals surface area contributed by atoms with E-state index in [2.05, 4.69) is 41.0 Å². The zero-order valence-corrected chi connectivity index (χ0v) is 12.6. The van der Waals surface area contributed by atoms with Gasteiger partial charge in [0.25, 0.3) is 0 Å². The second-order valence-corrected chi connectivity index (χ2v) is 4.19. The normalized spacial score (nSPS) is 10.5. The third kappa shape index (κ3) is 5.03. The van der Waals surface area contributed by atoms with Gasteiger partial charge in [0, 0.05) is 38.7 Å². The SMILES string of the molecule is CCNc1cc(N(CC)CCOCC)nc(CC)n1. The minimum atomic E-state index is 0.729. The van der Waals surface area contributed by atoms with Crippen LogP contribution in [0.5, 0.6) is 0 Å². The lowest BCUT2D eigenvalue weighted by molar-refractivity contribution is 0.154. The minimum Gasteiger partial charge on any atom is -0.380 e. The zero-order chi connectivity index (χ0) is 14.1. The van der Waals surface area contributed by atoms with E-state index in [9.17, 15) is 0 Å². The molecule has 1 aromatic heterocycles. The first-order chi connectivity index (χ1) is 9.24. The van der Waals surface area contributed by atoms with Crippen molar-refractivity contribution in [3.05, 3.63) is 11.9 Å². The van der Waals surface area contributed by atoms with Gasteiger partial charge in [-0.2, -0.15) is 0 Å². The smallest absolute Gasteiger partial charge is 0.134 e. The van der Waals surface area contributed by atoms with Crippen LogP contribution in [-0.2, 0) is 11.2 Å². The summed E-state index contributed by atoms with van der Waals surface area (Å²) in [7, 11) is 0. The topological polar surface area (TPSA) is 50.3 Å². The standard InChI is InChI=1S/C14H26N4O/c1-5-12-16-13(15-6-2)11-14(17-12)18(7-3)9-10-19-8-4/h11H,5-10H2,1-4H3,(H,15,16,17). The number of hydrogen-bond donors (Lipinski definition) is 1. The Morgan fingerprint density at radius 2 is 2.00 bits per heavy atom. The second kappa shape index (κ2) is 8.69. The zero-order valence-electron chi connectivity index (χ0n) is 12.6. The number of nitrogens with zero attached hydrogens (tertiary/aromatic N) is 3. The molecule has 5 nitrogen and oxygen atoms in total. The van der Waals surface area contributed by atoms with E-state index >= 15 is 0 Å². The summed E-state index contributed by atoms with van der Waals surface area (Å²) in [6.07, 6.45) is 0.843. The van der Waals surface area contributed by atoms with E-state index in [4.69, 9.17) is 4.74 Å². The van der Waals surface area contributed by atoms with Crippen molar-refractivity contribution < 1.29 is 4.74 Å². The molecule has 0 atom stereocenters. The number of aryl methyl sites for hydroxylation is 1. The molecule has 1 N–H and O–H groups in total. The van der Waals surface area contributed by atoms with Crippen LogP contribution in [0.3, 0.4) is 0 Å². The molecule has 0 bridgehead atoms. The van der Waals surface area contributed by atoms with Crippen LogP contribution in [0.25, 0.3) is 0 Å². The minimum absolute atomic E-state index is 0.729. The van der Waals surface area contributed by atoms with Crippen LogP contribution in [0, 0.1) is 0 Å². The molecule has 0 aliphatic heterocycles. The lowest BCUT2D eigenvalue weighted by Gasteiger charge is -2.22. The lowest BCUT2D eigenvalue weighted by atomic mass is 10.3. The Balaban J connectivity index is 2.84. The molecule has 108 valence electrons. The number of likely N-dealkylation sites (N-methyl/N-ethyl adjacent to an activating group) is 1. The van der Waals surface area contributed by atoms with E-state index < -0.39 is 0 Å². The van der Waals surface area contributed by atoms with Gasteiger partial charge in [-0.15, -0.1) is 0 Å². The Bertz CT molecular complexity index is 370. The summed E-state index contributed by atoms with van der Waals surface area (Å²) >= 11 is 0. The maximum absolute atomic E-state index is 5.42. The molecule has 0 saturated heterocycles. The van der Waals surface area contributed by atoms with Crippen molar-refractivity contribution in [2.24, 2.45) is 0 Å². The monoisotopic (exact) mass is 266 g/mol. The van der Waals surface area contributed by atoms with Crippen molar-refractivity contribution in [3.8, 4) is 0 Å². The van der Waals surface area contributed by atoms with E-state index in [-0.39, 0.29) is 0 Å². The highest BCUT2D eigenvalue weighted by Crippen LogP contribution is 2.16. The fraction of sp³-hybridized carbons (Fsp3) is 0.714. The molecule has 19 heavy (non-hydrogen) atoms. The van der Waals surface area contributed by atoms with E-state index in [1.807, 2.05) is 13.0 Å². The molecule has 0 aliphatic rings. The van der Waals surface area contributed by atoms with Crippen LogP contribution in [-0.4, -0.2) is 42.8 Å². The Labute approximate surface area is 116 Å². The van der Waals surface area contributed by atoms with Gasteiger partial charge in [-0.25, -0.2) is 9.97 Å². The lowest BCUT2D eigenvalue weighted by Crippen LogP contribution is -2.28. The van der Waals surface area contributed by atoms with Crippen molar-refractivity contribution >= 4 is 11.6 Å². The maximum Gasteiger partial charge on any atom is 0.134 e. The molecule has 0 radical (unpaired) electrons. The summed E-state index contributed by atoms with van der Waals surface area (Å²) in [4.78, 5) is 11.3. The molecule has 1 heterocycles. The number of hydrogen-bond acceptors (Lipinski definition) is 5. The van der Waals surface area contributed by atoms with Crippen molar-refractivity contribution in [2.45, 2.75) is 34.1 Å². The van der Waals surface area contributed by atoms with Crippen molar-refractivity contribution in [3.63, 3.8) is 0 Å². The average Bonchev–Trinajstić information content (AvgIpc) is 2.43. The molecule has 1 rings (SSSR count). The van der Waals surface area contributed by atoms with Crippen molar-refractivity contribution in [1.29, 1.82) is 0 Å². The highest BCUT2D eigenvalue weighted by atomic mass is 16.5. The number of nitrogens with one attached hydrogen (secondary N) is 1. The van der Waals surface area contributed by atoms with Gasteiger partial charge in [0.1, 0.15) is 17.5 Å². The van der Waals surface area contributed by atoms with Gasteiger partial charge in [-0.1, -0.05) is 6.92 Å². The second-order valence-electron chi connectivity index (χ2n) is 4.19. The summed E-state index contributed by atoms with van der Waals surface area (Å²) in [5, 5.41) is 3.26. The molecular weight excluding hydrogens is 240 g/mol. The number of rotatable bonds is 9. The molecule has 0 aromatic carbocycles. The Kier molecular flexibility index (Phi) is 7.18. The first-order valence-corrected chi connectivity index (χ1v) is 7.19. The summed E-state index contributed by atoms with van der Waals surface area (Å²) in [6.45, 7) is 12.4. The van der Waals surface area contributed by atoms with Gasteiger partial charge in [-0.05, 0) is 20.8 Å². The van der Waals surface area contributed by atoms with Crippen LogP contribution in [0.1, 0.15) is 33.5 Å². The Morgan fingerprint density at radius 1 is 1.21 bits per heavy atom.